The Morgan fingerprint density at radius 3 is 2.28 bits per heavy atom. The Morgan fingerprint density at radius 1 is 1.28 bits per heavy atom. The quantitative estimate of drug-likeness (QED) is 0.833. The molecular weight excluding hydrogens is 234 g/mol. The van der Waals surface area contributed by atoms with Crippen LogP contribution in [0.4, 0.5) is 5.95 Å². The van der Waals surface area contributed by atoms with Gasteiger partial charge >= 0.3 is 0 Å². The Balaban J connectivity index is 2.06. The summed E-state index contributed by atoms with van der Waals surface area (Å²) in [5, 5.41) is 9.28. The number of ether oxygens (including phenoxy) is 2. The van der Waals surface area contributed by atoms with E-state index < -0.39 is 0 Å². The molecule has 0 amide bonds. The van der Waals surface area contributed by atoms with Crippen LogP contribution in [0, 0.1) is 5.92 Å². The second-order valence-electron chi connectivity index (χ2n) is 4.62. The van der Waals surface area contributed by atoms with Crippen molar-refractivity contribution >= 4 is 5.95 Å². The molecule has 0 aliphatic heterocycles. The lowest BCUT2D eigenvalue weighted by atomic mass is 9.82. The van der Waals surface area contributed by atoms with Gasteiger partial charge in [-0.2, -0.15) is 9.97 Å². The molecule has 1 fully saturated rings. The smallest absolute Gasteiger partial charge is 0.231 e. The standard InChI is InChI=1S/C12H19N3O3/c1-15(7-8-4-9(16)5-8)12-13-10(17-2)6-11(14-12)18-3/h6,8-9,16H,4-5,7H2,1-3H3. The van der Waals surface area contributed by atoms with Crippen LogP contribution >= 0.6 is 0 Å². The number of aromatic nitrogens is 2. The van der Waals surface area contributed by atoms with Gasteiger partial charge in [-0.05, 0) is 18.8 Å². The van der Waals surface area contributed by atoms with Gasteiger partial charge < -0.3 is 19.5 Å². The number of aliphatic hydroxyl groups is 1. The summed E-state index contributed by atoms with van der Waals surface area (Å²) in [6.07, 6.45) is 1.57. The summed E-state index contributed by atoms with van der Waals surface area (Å²) in [6, 6.07) is 1.64. The molecule has 0 saturated heterocycles. The normalized spacial score (nSPS) is 22.2. The first-order valence-electron chi connectivity index (χ1n) is 5.98. The van der Waals surface area contributed by atoms with Crippen molar-refractivity contribution in [2.24, 2.45) is 5.92 Å². The zero-order valence-corrected chi connectivity index (χ0v) is 11.0. The average molecular weight is 253 g/mol. The van der Waals surface area contributed by atoms with Crippen LogP contribution in [0.25, 0.3) is 0 Å². The van der Waals surface area contributed by atoms with Gasteiger partial charge in [0.25, 0.3) is 0 Å². The SMILES string of the molecule is COc1cc(OC)nc(N(C)CC2CC(O)C2)n1. The molecule has 6 heteroatoms. The highest BCUT2D eigenvalue weighted by molar-refractivity contribution is 5.36. The van der Waals surface area contributed by atoms with Gasteiger partial charge in [0.2, 0.25) is 17.7 Å². The van der Waals surface area contributed by atoms with Crippen molar-refractivity contribution in [3.8, 4) is 11.8 Å². The van der Waals surface area contributed by atoms with E-state index in [0.29, 0.717) is 23.6 Å². The van der Waals surface area contributed by atoms with Crippen molar-refractivity contribution in [2.45, 2.75) is 18.9 Å². The van der Waals surface area contributed by atoms with Gasteiger partial charge in [0.1, 0.15) is 0 Å². The lowest BCUT2D eigenvalue weighted by Gasteiger charge is -2.34. The fraction of sp³-hybridized carbons (Fsp3) is 0.667. The average Bonchev–Trinajstić information content (AvgIpc) is 2.36. The summed E-state index contributed by atoms with van der Waals surface area (Å²) in [5.41, 5.74) is 0. The highest BCUT2D eigenvalue weighted by atomic mass is 16.5. The molecule has 0 aromatic carbocycles. The van der Waals surface area contributed by atoms with Crippen molar-refractivity contribution in [3.63, 3.8) is 0 Å². The van der Waals surface area contributed by atoms with E-state index in [0.717, 1.165) is 19.4 Å². The van der Waals surface area contributed by atoms with Gasteiger partial charge in [0.05, 0.1) is 26.4 Å². The summed E-state index contributed by atoms with van der Waals surface area (Å²) in [5.74, 6) is 2.05. The first kappa shape index (κ1) is 12.9. The van der Waals surface area contributed by atoms with Crippen LogP contribution < -0.4 is 14.4 Å². The summed E-state index contributed by atoms with van der Waals surface area (Å²) in [7, 11) is 5.06. The number of methoxy groups -OCH3 is 2. The maximum Gasteiger partial charge on any atom is 0.231 e. The third-order valence-electron chi connectivity index (χ3n) is 3.17. The monoisotopic (exact) mass is 253 g/mol. The first-order valence-corrected chi connectivity index (χ1v) is 5.98. The predicted molar refractivity (Wildman–Crippen MR) is 67.1 cm³/mol. The minimum absolute atomic E-state index is 0.135. The second-order valence-corrected chi connectivity index (χ2v) is 4.62. The van der Waals surface area contributed by atoms with Crippen LogP contribution in [0.2, 0.25) is 0 Å². The molecule has 2 rings (SSSR count). The molecule has 0 atom stereocenters. The van der Waals surface area contributed by atoms with Gasteiger partial charge in [0, 0.05) is 13.6 Å². The van der Waals surface area contributed by atoms with E-state index in [1.165, 1.54) is 0 Å². The largest absolute Gasteiger partial charge is 0.481 e. The molecule has 1 heterocycles. The van der Waals surface area contributed by atoms with E-state index in [1.54, 1.807) is 20.3 Å². The summed E-state index contributed by atoms with van der Waals surface area (Å²) < 4.78 is 10.2. The molecular formula is C12H19N3O3. The highest BCUT2D eigenvalue weighted by Crippen LogP contribution is 2.29. The molecule has 0 unspecified atom stereocenters. The Morgan fingerprint density at radius 2 is 1.83 bits per heavy atom. The minimum Gasteiger partial charge on any atom is -0.481 e. The van der Waals surface area contributed by atoms with E-state index in [-0.39, 0.29) is 6.10 Å². The molecule has 1 aliphatic rings. The molecule has 0 radical (unpaired) electrons. The molecule has 1 aromatic heterocycles. The number of nitrogens with zero attached hydrogens (tertiary/aromatic N) is 3. The predicted octanol–water partition coefficient (Wildman–Crippen LogP) is 0.701. The van der Waals surface area contributed by atoms with Gasteiger partial charge in [0.15, 0.2) is 0 Å². The van der Waals surface area contributed by atoms with Crippen molar-refractivity contribution in [1.82, 2.24) is 9.97 Å². The fourth-order valence-corrected chi connectivity index (χ4v) is 2.09. The van der Waals surface area contributed by atoms with Gasteiger partial charge in [-0.3, -0.25) is 0 Å². The Hall–Kier alpha value is -1.56. The number of aliphatic hydroxyl groups excluding tert-OH is 1. The third-order valence-corrected chi connectivity index (χ3v) is 3.17. The van der Waals surface area contributed by atoms with Crippen molar-refractivity contribution < 1.29 is 14.6 Å². The molecule has 1 aromatic rings. The van der Waals surface area contributed by atoms with E-state index in [4.69, 9.17) is 9.47 Å². The summed E-state index contributed by atoms with van der Waals surface area (Å²) in [6.45, 7) is 0.827. The van der Waals surface area contributed by atoms with Crippen LogP contribution in [-0.2, 0) is 0 Å². The highest BCUT2D eigenvalue weighted by Gasteiger charge is 2.28. The molecule has 1 saturated carbocycles. The maximum absolute atomic E-state index is 9.28. The molecule has 18 heavy (non-hydrogen) atoms. The van der Waals surface area contributed by atoms with Crippen LogP contribution in [0.3, 0.4) is 0 Å². The van der Waals surface area contributed by atoms with E-state index in [9.17, 15) is 5.11 Å². The molecule has 0 spiro atoms. The topological polar surface area (TPSA) is 67.7 Å². The van der Waals surface area contributed by atoms with Gasteiger partial charge in [-0.1, -0.05) is 0 Å². The minimum atomic E-state index is -0.135. The zero-order valence-electron chi connectivity index (χ0n) is 11.0. The molecule has 1 aliphatic carbocycles. The number of hydrogen-bond donors (Lipinski definition) is 1. The second kappa shape index (κ2) is 5.39. The van der Waals surface area contributed by atoms with Crippen molar-refractivity contribution in [3.05, 3.63) is 6.07 Å². The Kier molecular flexibility index (Phi) is 3.86. The van der Waals surface area contributed by atoms with Crippen molar-refractivity contribution in [1.29, 1.82) is 0 Å². The third kappa shape index (κ3) is 2.81. The van der Waals surface area contributed by atoms with Crippen molar-refractivity contribution in [2.75, 3.05) is 32.7 Å². The van der Waals surface area contributed by atoms with E-state index >= 15 is 0 Å². The molecule has 100 valence electrons. The summed E-state index contributed by atoms with van der Waals surface area (Å²) >= 11 is 0. The van der Waals surface area contributed by atoms with Crippen LogP contribution in [-0.4, -0.2) is 49.0 Å². The zero-order chi connectivity index (χ0) is 13.1. The Bertz CT molecular complexity index is 385. The lowest BCUT2D eigenvalue weighted by molar-refractivity contribution is 0.0463. The number of rotatable bonds is 5. The van der Waals surface area contributed by atoms with Crippen LogP contribution in [0.15, 0.2) is 6.07 Å². The summed E-state index contributed by atoms with van der Waals surface area (Å²) in [4.78, 5) is 10.5. The molecule has 6 nitrogen and oxygen atoms in total. The molecule has 0 bridgehead atoms. The fourth-order valence-electron chi connectivity index (χ4n) is 2.09. The first-order chi connectivity index (χ1) is 8.62. The van der Waals surface area contributed by atoms with Crippen LogP contribution in [0.1, 0.15) is 12.8 Å². The molecule has 1 N–H and O–H groups in total. The Labute approximate surface area is 107 Å². The van der Waals surface area contributed by atoms with Crippen LogP contribution in [0.5, 0.6) is 11.8 Å². The van der Waals surface area contributed by atoms with E-state index in [2.05, 4.69) is 9.97 Å². The van der Waals surface area contributed by atoms with Gasteiger partial charge in [-0.15, -0.1) is 0 Å². The number of hydrogen-bond acceptors (Lipinski definition) is 6. The van der Waals surface area contributed by atoms with Gasteiger partial charge in [-0.25, -0.2) is 0 Å². The lowest BCUT2D eigenvalue weighted by Crippen LogP contribution is -2.37. The van der Waals surface area contributed by atoms with E-state index in [1.807, 2.05) is 11.9 Å². The maximum atomic E-state index is 9.28. The number of anilines is 1.